The van der Waals surface area contributed by atoms with Crippen molar-refractivity contribution in [2.24, 2.45) is 4.99 Å². The molecule has 2 N–H and O–H groups in total. The van der Waals surface area contributed by atoms with Crippen LogP contribution in [-0.2, 0) is 30.4 Å². The van der Waals surface area contributed by atoms with Gasteiger partial charge in [-0.3, -0.25) is 0 Å². The van der Waals surface area contributed by atoms with Crippen molar-refractivity contribution in [3.63, 3.8) is 0 Å². The summed E-state index contributed by atoms with van der Waals surface area (Å²) in [6, 6.07) is 9.26. The predicted octanol–water partition coefficient (Wildman–Crippen LogP) is 3.02. The SMILES string of the molecule is CS(=N)(=O)c1cnc(-c2ccc(-c3nc4c(cc3Cl)N=C(O[C@@H]3CO[C@H]5[C@@H]3OC[C@H]5O)C4)cc2)nc1. The van der Waals surface area contributed by atoms with Gasteiger partial charge in [0.15, 0.2) is 17.8 Å². The van der Waals surface area contributed by atoms with E-state index >= 15 is 0 Å². The number of ether oxygens (including phenoxy) is 3. The molecule has 1 aromatic carbocycles. The highest BCUT2D eigenvalue weighted by molar-refractivity contribution is 7.91. The van der Waals surface area contributed by atoms with Gasteiger partial charge in [0.1, 0.15) is 18.3 Å². The van der Waals surface area contributed by atoms with Gasteiger partial charge in [-0.25, -0.2) is 28.9 Å². The molecule has 2 fully saturated rings. The van der Waals surface area contributed by atoms with Gasteiger partial charge in [0.05, 0.1) is 56.4 Å². The van der Waals surface area contributed by atoms with Crippen LogP contribution in [0.15, 0.2) is 52.6 Å². The quantitative estimate of drug-likeness (QED) is 0.527. The Bertz CT molecular complexity index is 1460. The lowest BCUT2D eigenvalue weighted by Gasteiger charge is -2.17. The first kappa shape index (κ1) is 23.4. The summed E-state index contributed by atoms with van der Waals surface area (Å²) in [7, 11) is -2.86. The Morgan fingerprint density at radius 2 is 1.81 bits per heavy atom. The minimum Gasteiger partial charge on any atom is -0.472 e. The number of rotatable bonds is 4. The summed E-state index contributed by atoms with van der Waals surface area (Å²) in [5.41, 5.74) is 3.63. The molecular weight excluding hydrogens is 506 g/mol. The predicted molar refractivity (Wildman–Crippen MR) is 132 cm³/mol. The van der Waals surface area contributed by atoms with Crippen LogP contribution in [0.25, 0.3) is 22.6 Å². The molecule has 36 heavy (non-hydrogen) atoms. The van der Waals surface area contributed by atoms with Crippen molar-refractivity contribution in [1.82, 2.24) is 15.0 Å². The number of aromatic nitrogens is 3. The zero-order valence-corrected chi connectivity index (χ0v) is 20.7. The second kappa shape index (κ2) is 8.86. The highest BCUT2D eigenvalue weighted by Crippen LogP contribution is 2.36. The van der Waals surface area contributed by atoms with E-state index in [4.69, 9.17) is 35.6 Å². The third-order valence-electron chi connectivity index (χ3n) is 6.36. The van der Waals surface area contributed by atoms with E-state index in [0.29, 0.717) is 41.2 Å². The average Bonchev–Trinajstić information content (AvgIpc) is 3.55. The summed E-state index contributed by atoms with van der Waals surface area (Å²) < 4.78 is 36.8. The molecule has 1 unspecified atom stereocenters. The van der Waals surface area contributed by atoms with Crippen LogP contribution in [0.1, 0.15) is 5.69 Å². The molecule has 3 aromatic rings. The van der Waals surface area contributed by atoms with Crippen LogP contribution < -0.4 is 0 Å². The molecule has 0 saturated carbocycles. The Morgan fingerprint density at radius 3 is 2.53 bits per heavy atom. The van der Waals surface area contributed by atoms with E-state index in [1.807, 2.05) is 24.3 Å². The fourth-order valence-corrected chi connectivity index (χ4v) is 5.26. The van der Waals surface area contributed by atoms with Crippen molar-refractivity contribution >= 4 is 32.9 Å². The third kappa shape index (κ3) is 4.27. The first-order valence-electron chi connectivity index (χ1n) is 11.3. The highest BCUT2D eigenvalue weighted by Gasteiger charge is 2.49. The fraction of sp³-hybridized carbons (Fsp3) is 0.333. The number of aliphatic imine (C=N–C) groups is 1. The topological polar surface area (TPSA) is 140 Å². The number of aliphatic hydroxyl groups is 1. The number of benzene rings is 1. The normalized spacial score (nSPS) is 26.2. The van der Waals surface area contributed by atoms with Crippen LogP contribution in [0.5, 0.6) is 0 Å². The fourth-order valence-electron chi connectivity index (χ4n) is 4.50. The van der Waals surface area contributed by atoms with Crippen molar-refractivity contribution in [2.75, 3.05) is 19.5 Å². The summed E-state index contributed by atoms with van der Waals surface area (Å²) in [6.07, 6.45) is 2.96. The van der Waals surface area contributed by atoms with Crippen molar-refractivity contribution in [2.45, 2.75) is 35.7 Å². The number of fused-ring (bicyclic) bond motifs is 2. The minimum absolute atomic E-state index is 0.240. The van der Waals surface area contributed by atoms with Crippen molar-refractivity contribution < 1.29 is 23.5 Å². The van der Waals surface area contributed by atoms with E-state index in [1.54, 1.807) is 6.07 Å². The molecule has 2 saturated heterocycles. The Kier molecular flexibility index (Phi) is 5.77. The summed E-state index contributed by atoms with van der Waals surface area (Å²) in [5, 5.41) is 10.4. The molecule has 0 aliphatic carbocycles. The van der Waals surface area contributed by atoms with E-state index in [-0.39, 0.29) is 29.8 Å². The van der Waals surface area contributed by atoms with Crippen LogP contribution in [0, 0.1) is 4.78 Å². The van der Waals surface area contributed by atoms with Crippen molar-refractivity contribution in [3.05, 3.63) is 53.4 Å². The standard InChI is InChI=1S/C24H22ClN5O5S/c1-36(26,32)14-8-27-24(28-9-14)13-4-2-12(3-5-13)21-15(25)6-16-17(30-21)7-20(29-16)35-19-11-34-22-18(31)10-33-23(19)22/h2-6,8-9,18-19,22-23,26,31H,7,10-11H2,1H3/t18-,19-,22-,23-,36?/m1/s1. The lowest BCUT2D eigenvalue weighted by atomic mass is 10.1. The van der Waals surface area contributed by atoms with Gasteiger partial charge in [0.2, 0.25) is 0 Å². The molecule has 12 heteroatoms. The molecule has 3 aliphatic heterocycles. The number of hydrogen-bond acceptors (Lipinski definition) is 10. The molecule has 0 bridgehead atoms. The Morgan fingerprint density at radius 1 is 1.11 bits per heavy atom. The van der Waals surface area contributed by atoms with Gasteiger partial charge >= 0.3 is 0 Å². The second-order valence-electron chi connectivity index (χ2n) is 8.95. The van der Waals surface area contributed by atoms with Crippen LogP contribution in [0.2, 0.25) is 5.02 Å². The van der Waals surface area contributed by atoms with Gasteiger partial charge in [-0.1, -0.05) is 35.9 Å². The molecule has 2 aromatic heterocycles. The molecule has 5 heterocycles. The summed E-state index contributed by atoms with van der Waals surface area (Å²) in [5.74, 6) is 0.985. The van der Waals surface area contributed by atoms with Crippen LogP contribution in [-0.4, -0.2) is 74.1 Å². The number of aliphatic hydroxyl groups excluding tert-OH is 1. The molecular formula is C24H22ClN5O5S. The van der Waals surface area contributed by atoms with Gasteiger partial charge in [-0.05, 0) is 6.07 Å². The summed E-state index contributed by atoms with van der Waals surface area (Å²) in [4.78, 5) is 18.1. The zero-order chi connectivity index (χ0) is 25.0. The van der Waals surface area contributed by atoms with Crippen molar-refractivity contribution in [1.29, 1.82) is 4.78 Å². The number of nitrogens with one attached hydrogen (secondary N) is 1. The van der Waals surface area contributed by atoms with E-state index < -0.39 is 15.8 Å². The van der Waals surface area contributed by atoms with Gasteiger partial charge in [-0.2, -0.15) is 0 Å². The van der Waals surface area contributed by atoms with Gasteiger partial charge in [0.25, 0.3) is 0 Å². The highest BCUT2D eigenvalue weighted by atomic mass is 35.5. The maximum Gasteiger partial charge on any atom is 0.195 e. The smallest absolute Gasteiger partial charge is 0.195 e. The van der Waals surface area contributed by atoms with Crippen LogP contribution in [0.3, 0.4) is 0 Å². The maximum absolute atomic E-state index is 11.8. The molecule has 186 valence electrons. The number of hydrogen-bond donors (Lipinski definition) is 2. The van der Waals surface area contributed by atoms with Gasteiger partial charge < -0.3 is 19.3 Å². The van der Waals surface area contributed by atoms with E-state index in [0.717, 1.165) is 16.8 Å². The first-order chi connectivity index (χ1) is 17.3. The van der Waals surface area contributed by atoms with Crippen molar-refractivity contribution in [3.8, 4) is 22.6 Å². The number of pyridine rings is 1. The number of nitrogens with zero attached hydrogens (tertiary/aromatic N) is 4. The second-order valence-corrected chi connectivity index (χ2v) is 11.5. The molecule has 3 aliphatic rings. The molecule has 0 spiro atoms. The lowest BCUT2D eigenvalue weighted by molar-refractivity contribution is 0.00558. The lowest BCUT2D eigenvalue weighted by Crippen LogP contribution is -2.34. The largest absolute Gasteiger partial charge is 0.472 e. The Labute approximate surface area is 212 Å². The maximum atomic E-state index is 11.8. The minimum atomic E-state index is -2.86. The van der Waals surface area contributed by atoms with E-state index in [2.05, 4.69) is 15.0 Å². The summed E-state index contributed by atoms with van der Waals surface area (Å²) >= 11 is 6.56. The first-order valence-corrected chi connectivity index (χ1v) is 13.6. The molecule has 10 nitrogen and oxygen atoms in total. The Hall–Kier alpha value is -2.96. The van der Waals surface area contributed by atoms with E-state index in [9.17, 15) is 9.32 Å². The van der Waals surface area contributed by atoms with Crippen LogP contribution in [0.4, 0.5) is 5.69 Å². The molecule has 0 amide bonds. The van der Waals surface area contributed by atoms with Gasteiger partial charge in [0, 0.05) is 29.8 Å². The Balaban J connectivity index is 1.18. The van der Waals surface area contributed by atoms with Crippen LogP contribution >= 0.6 is 11.6 Å². The van der Waals surface area contributed by atoms with E-state index in [1.165, 1.54) is 18.6 Å². The zero-order valence-electron chi connectivity index (χ0n) is 19.1. The third-order valence-corrected chi connectivity index (χ3v) is 7.76. The van der Waals surface area contributed by atoms with Gasteiger partial charge in [-0.15, -0.1) is 0 Å². The average molecular weight is 528 g/mol. The molecule has 5 atom stereocenters. The molecule has 0 radical (unpaired) electrons. The summed E-state index contributed by atoms with van der Waals surface area (Å²) in [6.45, 7) is 0.574. The molecule has 6 rings (SSSR count). The monoisotopic (exact) mass is 527 g/mol. The number of halogens is 1.